The standard InChI is InChI=1S/C16H23N3O4.2C12H22N4O4.C11H21N3O3.C11H21NO4.2C8H16N2O2.C7H14O2.C6H13NO2/c1-10(17-4)15(21)18-11(2)16(22)19-14-7-5-13(6-8-14)9-23-12(3)20;2*1-6(14-4)11(19)15-7(2)12(20)16-9(8(3)17)5-10(13)18;1-6(9(4)15)13-11(17)8(3)14-10(16)7(2)12-5;1-3-4-7-15-8-5-11(14)12-6-9-16-10(2)13;2*1-5(7(3)11)10-8(12)6(2)9-4;1-3-4-5-9-6-7(2)8;1-5(4-7-3)9-6(2)8/h5-8,10-11,17H,9H2,1-4H3,(H,18,21)(H,19,22);2*6-7,9,14H,5H2,1-4H3,(H2,13,18)(H,15,19)(H,16,20);6-8,12H,1-5H3,(H,13,17)(H,14,16);3-9H2,1-2H3,(H,12,14);2*5-6,9H,1-4H3,(H,10,12);3-6H2,1-2H3;5,7H,4H2,1-3H3/t10-,11-;6-,7-,9+;6-,7-,9-;6-,7-,8+;;5-,6+;5-,6-;;5-/m0100.00.1/s1. The second-order valence-corrected chi connectivity index (χ2v) is 31.6. The van der Waals surface area contributed by atoms with Crippen molar-refractivity contribution in [1.82, 2.24) is 90.4 Å². The van der Waals surface area contributed by atoms with Crippen molar-refractivity contribution in [3.63, 3.8) is 0 Å². The summed E-state index contributed by atoms with van der Waals surface area (Å²) in [6.07, 6.45) is 4.08. The molecule has 794 valence electrons. The van der Waals surface area contributed by atoms with Crippen LogP contribution in [0.5, 0.6) is 0 Å². The summed E-state index contributed by atoms with van der Waals surface area (Å²) < 4.78 is 24.6. The monoisotopic (exact) mass is 1970 g/mol. The number of nitrogens with one attached hydrogen (secondary N) is 18. The van der Waals surface area contributed by atoms with Gasteiger partial charge in [0.1, 0.15) is 50.1 Å². The van der Waals surface area contributed by atoms with Crippen LogP contribution in [0.3, 0.4) is 0 Å². The van der Waals surface area contributed by atoms with Crippen LogP contribution in [0.25, 0.3) is 0 Å². The van der Waals surface area contributed by atoms with Crippen molar-refractivity contribution in [2.75, 3.05) is 101 Å². The van der Waals surface area contributed by atoms with Gasteiger partial charge >= 0.3 is 17.9 Å². The smallest absolute Gasteiger partial charge is 0.302 e. The lowest BCUT2D eigenvalue weighted by molar-refractivity contribution is -0.145. The first kappa shape index (κ1) is 142. The molecule has 1 aromatic rings. The van der Waals surface area contributed by atoms with Crippen molar-refractivity contribution in [1.29, 1.82) is 0 Å². The summed E-state index contributed by atoms with van der Waals surface area (Å²) in [5.74, 6) is -6.49. The van der Waals surface area contributed by atoms with Crippen molar-refractivity contribution in [3.05, 3.63) is 29.8 Å². The van der Waals surface area contributed by atoms with E-state index in [-0.39, 0.29) is 169 Å². The second kappa shape index (κ2) is 85.8. The molecule has 0 spiro atoms. The third-order valence-corrected chi connectivity index (χ3v) is 18.6. The summed E-state index contributed by atoms with van der Waals surface area (Å²) in [5.41, 5.74) is 11.4. The van der Waals surface area contributed by atoms with Gasteiger partial charge in [0.25, 0.3) is 0 Å². The predicted octanol–water partition coefficient (Wildman–Crippen LogP) is -2.11. The Bertz CT molecular complexity index is 3730. The van der Waals surface area contributed by atoms with Crippen LogP contribution in [0, 0.1) is 0 Å². The first-order valence-electron chi connectivity index (χ1n) is 45.3. The minimum Gasteiger partial charge on any atom is -0.464 e. The van der Waals surface area contributed by atoms with Crippen molar-refractivity contribution >= 4 is 135 Å². The number of anilines is 1. The lowest BCUT2D eigenvalue weighted by Crippen LogP contribution is -2.53. The van der Waals surface area contributed by atoms with Crippen LogP contribution in [0.15, 0.2) is 24.3 Å². The molecule has 0 fully saturated rings. The number of nitrogens with two attached hydrogens (primary N) is 2. The van der Waals surface area contributed by atoms with Crippen molar-refractivity contribution in [2.24, 2.45) is 11.5 Å². The normalized spacial score (nSPS) is 13.6. The quantitative estimate of drug-likeness (QED) is 0.0188. The molecule has 0 aliphatic rings. The maximum absolute atomic E-state index is 12.0. The van der Waals surface area contributed by atoms with E-state index in [0.29, 0.717) is 38.4 Å². The number of carbonyl (C=O) groups is 22. The molecule has 0 saturated heterocycles. The number of likely N-dealkylation sites (N-methyl/N-ethyl adjacent to an activating group) is 7. The van der Waals surface area contributed by atoms with Crippen LogP contribution in [-0.4, -0.2) is 322 Å². The number of ketones is 6. The molecule has 0 saturated carbocycles. The third-order valence-electron chi connectivity index (χ3n) is 18.6. The van der Waals surface area contributed by atoms with Crippen LogP contribution in [0.1, 0.15) is 224 Å². The third kappa shape index (κ3) is 83.7. The molecule has 0 aromatic heterocycles. The van der Waals surface area contributed by atoms with Crippen LogP contribution in [0.4, 0.5) is 5.69 Å². The molecule has 1 aromatic carbocycles. The number of hydrogen-bond donors (Lipinski definition) is 20. The Morgan fingerprint density at radius 1 is 0.326 bits per heavy atom. The van der Waals surface area contributed by atoms with E-state index in [9.17, 15) is 105 Å². The van der Waals surface area contributed by atoms with Gasteiger partial charge in [0.05, 0.1) is 92.5 Å². The molecule has 0 heterocycles. The van der Waals surface area contributed by atoms with E-state index in [2.05, 4.69) is 114 Å². The average Bonchev–Trinajstić information content (AvgIpc) is 0.827. The SMILES string of the molecule is CCCCOCC(C)=O.CCCCOCCC(=O)NCCOC(C)=O.CNC[C@@H](C)OC(C)=O.CN[C@@H](C)C(=O)N[C@@H](C)C(=O)N[C@@H](CC(N)=O)C(C)=O.CN[C@@H](C)C(=O)N[C@@H](C)C(=O)Nc1ccc(COC(C)=O)cc1.CN[C@@H](C)C(=O)N[C@@H](C)C(C)=O.CN[C@@H](C)C(=O)N[C@H](C)C(=O)N[C@@H](C)C(C)=O.CN[C@H](C)C(=O)N[C@@H](C)C(C)=O.CN[C@H](C)C(=O)N[C@H](C)C(=O)N[C@@H](CC(N)=O)C(C)=O. The fourth-order valence-electron chi connectivity index (χ4n) is 8.49. The topological polar surface area (TPSA) is 690 Å². The maximum Gasteiger partial charge on any atom is 0.302 e. The highest BCUT2D eigenvalue weighted by atomic mass is 16.5. The number of primary amides is 2. The fourth-order valence-corrected chi connectivity index (χ4v) is 8.49. The highest BCUT2D eigenvalue weighted by Gasteiger charge is 2.28. The molecule has 0 bridgehead atoms. The van der Waals surface area contributed by atoms with Gasteiger partial charge in [0, 0.05) is 52.6 Å². The molecule has 1 rings (SSSR count). The molecule has 47 heteroatoms. The van der Waals surface area contributed by atoms with Crippen molar-refractivity contribution < 1.29 is 129 Å². The van der Waals surface area contributed by atoms with Crippen molar-refractivity contribution in [3.8, 4) is 0 Å². The first-order valence-corrected chi connectivity index (χ1v) is 45.3. The Morgan fingerprint density at radius 2 is 0.616 bits per heavy atom. The zero-order chi connectivity index (χ0) is 109. The van der Waals surface area contributed by atoms with Gasteiger partial charge in [-0.2, -0.15) is 0 Å². The number of carbonyl (C=O) groups excluding carboxylic acids is 22. The van der Waals surface area contributed by atoms with E-state index in [0.717, 1.165) is 37.9 Å². The van der Waals surface area contributed by atoms with E-state index < -0.39 is 90.1 Å². The summed E-state index contributed by atoms with van der Waals surface area (Å²) in [5, 5.41) is 47.5. The molecule has 47 nitrogen and oxygen atoms in total. The molecule has 22 N–H and O–H groups in total. The van der Waals surface area contributed by atoms with Crippen LogP contribution < -0.4 is 107 Å². The number of hydrogen-bond acceptors (Lipinski definition) is 34. The number of Topliss-reactive ketones (excluding diaryl/α,β-unsaturated/α-hetero) is 6. The molecule has 0 aliphatic carbocycles. The van der Waals surface area contributed by atoms with E-state index >= 15 is 0 Å². The molecule has 0 unspecified atom stereocenters. The van der Waals surface area contributed by atoms with Gasteiger partial charge in [0.2, 0.25) is 76.8 Å². The summed E-state index contributed by atoms with van der Waals surface area (Å²) in [6.45, 7) is 43.3. The number of ether oxygens (including phenoxy) is 5. The zero-order valence-electron chi connectivity index (χ0n) is 87.3. The molecular weight excluding hydrogens is 1810 g/mol. The summed E-state index contributed by atoms with van der Waals surface area (Å²) in [7, 11) is 11.8. The van der Waals surface area contributed by atoms with Gasteiger partial charge < -0.3 is 131 Å². The van der Waals surface area contributed by atoms with Gasteiger partial charge in [-0.25, -0.2) is 0 Å². The lowest BCUT2D eigenvalue weighted by atomic mass is 10.1. The van der Waals surface area contributed by atoms with Gasteiger partial charge in [-0.3, -0.25) is 105 Å². The van der Waals surface area contributed by atoms with E-state index in [1.54, 1.807) is 143 Å². The lowest BCUT2D eigenvalue weighted by Gasteiger charge is -2.20. The van der Waals surface area contributed by atoms with Gasteiger partial charge in [-0.15, -0.1) is 0 Å². The predicted molar refractivity (Wildman–Crippen MR) is 521 cm³/mol. The number of unbranched alkanes of at least 4 members (excludes halogenated alkanes) is 2. The number of benzene rings is 1. The Kier molecular flexibility index (Phi) is 88.1. The van der Waals surface area contributed by atoms with E-state index in [1.165, 1.54) is 76.2 Å². The Hall–Kier alpha value is -11.6. The molecule has 16 atom stereocenters. The number of esters is 3. The largest absolute Gasteiger partial charge is 0.464 e. The molecule has 0 radical (unpaired) electrons. The van der Waals surface area contributed by atoms with E-state index in [1.807, 2.05) is 14.0 Å². The molecular formula is C91H168N20O27. The Morgan fingerprint density at radius 3 is 0.877 bits per heavy atom. The zero-order valence-corrected chi connectivity index (χ0v) is 87.3. The highest BCUT2D eigenvalue weighted by Crippen LogP contribution is 2.12. The highest BCUT2D eigenvalue weighted by molar-refractivity contribution is 5.99. The van der Waals surface area contributed by atoms with Crippen LogP contribution in [-0.2, 0) is 136 Å². The number of amides is 13. The molecule has 0 aliphatic heterocycles. The summed E-state index contributed by atoms with van der Waals surface area (Å²) >= 11 is 0. The molecule has 13 amide bonds. The summed E-state index contributed by atoms with van der Waals surface area (Å²) in [4.78, 5) is 246. The molecule has 138 heavy (non-hydrogen) atoms. The minimum absolute atomic E-state index is 0.0208. The Balaban J connectivity index is -0.000000233. The van der Waals surface area contributed by atoms with Gasteiger partial charge in [-0.1, -0.05) is 38.8 Å². The second-order valence-electron chi connectivity index (χ2n) is 31.6. The van der Waals surface area contributed by atoms with Gasteiger partial charge in [-0.05, 0) is 218 Å². The van der Waals surface area contributed by atoms with E-state index in [4.69, 9.17) is 30.4 Å². The Labute approximate surface area is 814 Å². The number of rotatable bonds is 54. The van der Waals surface area contributed by atoms with Crippen LogP contribution >= 0.6 is 0 Å². The first-order chi connectivity index (χ1) is 64.1. The maximum atomic E-state index is 12.0. The minimum atomic E-state index is -0.971. The fraction of sp³-hybridized carbons (Fsp3) is 0.692. The van der Waals surface area contributed by atoms with Gasteiger partial charge in [0.15, 0.2) is 34.7 Å². The summed E-state index contributed by atoms with van der Waals surface area (Å²) in [6, 6.07) is -1.45. The average molecular weight is 1970 g/mol. The van der Waals surface area contributed by atoms with Crippen LogP contribution in [0.2, 0.25) is 0 Å². The van der Waals surface area contributed by atoms with Crippen molar-refractivity contribution in [2.45, 2.75) is 321 Å².